The topological polar surface area (TPSA) is 95.1 Å². The van der Waals surface area contributed by atoms with Gasteiger partial charge in [0.1, 0.15) is 0 Å². The number of amides is 1. The Labute approximate surface area is 257 Å². The minimum atomic E-state index is -3.25. The first-order chi connectivity index (χ1) is 20.0. The van der Waals surface area contributed by atoms with Crippen molar-refractivity contribution in [1.29, 1.82) is 0 Å². The standard InChI is InChI=1S/C31H44ClN3O5S2/c1-3-22-42(39,40)30-10-8-25(9-11-30)23-26-12-18-33(19-13-26)16-5-17-35(29-7-4-6-28(32)24-29)31(36)27-14-20-34(21-15-27)41(2,37)38/h4,6-11,24,26-27H,3,5,12-23H2,1-2H3. The lowest BCUT2D eigenvalue weighted by molar-refractivity contribution is -0.123. The summed E-state index contributed by atoms with van der Waals surface area (Å²) in [5.41, 5.74) is 1.97. The van der Waals surface area contributed by atoms with E-state index in [9.17, 15) is 21.6 Å². The van der Waals surface area contributed by atoms with E-state index in [-0.39, 0.29) is 17.6 Å². The molecule has 232 valence electrons. The molecule has 0 bridgehead atoms. The molecule has 2 saturated heterocycles. The van der Waals surface area contributed by atoms with E-state index in [0.29, 0.717) is 54.7 Å². The Morgan fingerprint density at radius 3 is 2.21 bits per heavy atom. The van der Waals surface area contributed by atoms with E-state index < -0.39 is 19.9 Å². The van der Waals surface area contributed by atoms with Gasteiger partial charge in [0.25, 0.3) is 0 Å². The molecule has 2 aliphatic rings. The summed E-state index contributed by atoms with van der Waals surface area (Å²) in [7, 11) is -6.43. The number of carbonyl (C=O) groups is 1. The lowest BCUT2D eigenvalue weighted by Crippen LogP contribution is -2.45. The smallest absolute Gasteiger partial charge is 0.230 e. The number of benzene rings is 2. The van der Waals surface area contributed by atoms with Crippen LogP contribution in [0.25, 0.3) is 0 Å². The predicted octanol–water partition coefficient (Wildman–Crippen LogP) is 4.87. The van der Waals surface area contributed by atoms with Gasteiger partial charge in [-0.25, -0.2) is 21.1 Å². The highest BCUT2D eigenvalue weighted by Gasteiger charge is 2.32. The number of likely N-dealkylation sites (tertiary alicyclic amines) is 1. The molecule has 0 aromatic heterocycles. The Bertz CT molecular complexity index is 1400. The lowest BCUT2D eigenvalue weighted by atomic mass is 9.90. The lowest BCUT2D eigenvalue weighted by Gasteiger charge is -2.34. The Morgan fingerprint density at radius 1 is 0.952 bits per heavy atom. The maximum Gasteiger partial charge on any atom is 0.230 e. The molecule has 2 heterocycles. The molecule has 0 aliphatic carbocycles. The quantitative estimate of drug-likeness (QED) is 0.330. The first kappa shape index (κ1) is 32.9. The van der Waals surface area contributed by atoms with Crippen LogP contribution < -0.4 is 4.90 Å². The molecule has 0 saturated carbocycles. The number of hydrogen-bond donors (Lipinski definition) is 0. The third-order valence-electron chi connectivity index (χ3n) is 8.50. The van der Waals surface area contributed by atoms with Gasteiger partial charge in [-0.1, -0.05) is 36.7 Å². The number of sulfonamides is 1. The molecule has 0 N–H and O–H groups in total. The minimum absolute atomic E-state index is 0.0395. The van der Waals surface area contributed by atoms with Gasteiger partial charge in [0.05, 0.1) is 16.9 Å². The summed E-state index contributed by atoms with van der Waals surface area (Å²) in [5, 5.41) is 0.580. The second kappa shape index (κ2) is 14.7. The second-order valence-corrected chi connectivity index (χ2v) is 16.2. The average Bonchev–Trinajstić information content (AvgIpc) is 2.96. The van der Waals surface area contributed by atoms with Crippen LogP contribution in [-0.4, -0.2) is 83.2 Å². The number of carbonyl (C=O) groups excluding carboxylic acids is 1. The van der Waals surface area contributed by atoms with Crippen molar-refractivity contribution in [3.05, 3.63) is 59.1 Å². The van der Waals surface area contributed by atoms with E-state index >= 15 is 0 Å². The van der Waals surface area contributed by atoms with Crippen LogP contribution >= 0.6 is 11.6 Å². The summed E-state index contributed by atoms with van der Waals surface area (Å²) in [6, 6.07) is 14.8. The zero-order valence-electron chi connectivity index (χ0n) is 24.8. The molecule has 2 aliphatic heterocycles. The van der Waals surface area contributed by atoms with E-state index in [1.54, 1.807) is 18.2 Å². The van der Waals surface area contributed by atoms with E-state index in [4.69, 9.17) is 11.6 Å². The van der Waals surface area contributed by atoms with Crippen molar-refractivity contribution < 1.29 is 21.6 Å². The monoisotopic (exact) mass is 637 g/mol. The first-order valence-electron chi connectivity index (χ1n) is 15.0. The zero-order valence-corrected chi connectivity index (χ0v) is 27.1. The third-order valence-corrected chi connectivity index (χ3v) is 12.0. The summed E-state index contributed by atoms with van der Waals surface area (Å²) in [6.07, 6.45) is 6.84. The van der Waals surface area contributed by atoms with Gasteiger partial charge in [-0.3, -0.25) is 4.79 Å². The number of halogens is 1. The van der Waals surface area contributed by atoms with E-state index in [1.807, 2.05) is 42.2 Å². The van der Waals surface area contributed by atoms with Gasteiger partial charge in [0, 0.05) is 36.3 Å². The molecule has 2 fully saturated rings. The van der Waals surface area contributed by atoms with Gasteiger partial charge in [0.2, 0.25) is 15.9 Å². The molecule has 4 rings (SSSR count). The van der Waals surface area contributed by atoms with Crippen LogP contribution in [0, 0.1) is 11.8 Å². The number of hydrogen-bond acceptors (Lipinski definition) is 6. The molecule has 11 heteroatoms. The number of piperidine rings is 2. The third kappa shape index (κ3) is 9.02. The molecule has 1 amide bonds. The minimum Gasteiger partial charge on any atom is -0.312 e. The summed E-state index contributed by atoms with van der Waals surface area (Å²) in [6.45, 7) is 6.10. The highest BCUT2D eigenvalue weighted by atomic mass is 35.5. The van der Waals surface area contributed by atoms with E-state index in [2.05, 4.69) is 4.90 Å². The van der Waals surface area contributed by atoms with E-state index in [1.165, 1.54) is 16.1 Å². The fraction of sp³-hybridized carbons (Fsp3) is 0.581. The largest absolute Gasteiger partial charge is 0.312 e. The number of nitrogens with zero attached hydrogens (tertiary/aromatic N) is 3. The molecular formula is C31H44ClN3O5S2. The Morgan fingerprint density at radius 2 is 1.62 bits per heavy atom. The first-order valence-corrected chi connectivity index (χ1v) is 18.9. The molecule has 0 unspecified atom stereocenters. The SMILES string of the molecule is CCCS(=O)(=O)c1ccc(CC2CCN(CCCN(C(=O)C3CCN(S(C)(=O)=O)CC3)c3cccc(Cl)c3)CC2)cc1. The fourth-order valence-corrected chi connectivity index (χ4v) is 8.47. The maximum atomic E-state index is 13.6. The zero-order chi connectivity index (χ0) is 30.3. The van der Waals surface area contributed by atoms with Crippen molar-refractivity contribution >= 4 is 43.1 Å². The van der Waals surface area contributed by atoms with Crippen LogP contribution in [0.15, 0.2) is 53.4 Å². The highest BCUT2D eigenvalue weighted by Crippen LogP contribution is 2.27. The molecule has 8 nitrogen and oxygen atoms in total. The summed E-state index contributed by atoms with van der Waals surface area (Å²) < 4.78 is 49.9. The van der Waals surface area contributed by atoms with Gasteiger partial charge >= 0.3 is 0 Å². The Balaban J connectivity index is 1.27. The number of rotatable bonds is 12. The van der Waals surface area contributed by atoms with Crippen molar-refractivity contribution in [2.24, 2.45) is 11.8 Å². The highest BCUT2D eigenvalue weighted by molar-refractivity contribution is 7.91. The molecule has 0 radical (unpaired) electrons. The van der Waals surface area contributed by atoms with Crippen LogP contribution in [0.2, 0.25) is 5.02 Å². The second-order valence-electron chi connectivity index (χ2n) is 11.7. The summed E-state index contributed by atoms with van der Waals surface area (Å²) >= 11 is 6.27. The van der Waals surface area contributed by atoms with Gasteiger partial charge in [-0.2, -0.15) is 0 Å². The predicted molar refractivity (Wildman–Crippen MR) is 169 cm³/mol. The number of sulfone groups is 1. The van der Waals surface area contributed by atoms with Crippen molar-refractivity contribution in [1.82, 2.24) is 9.21 Å². The van der Waals surface area contributed by atoms with Gasteiger partial charge in [-0.15, -0.1) is 0 Å². The van der Waals surface area contributed by atoms with Gasteiger partial charge in [0.15, 0.2) is 9.84 Å². The summed E-state index contributed by atoms with van der Waals surface area (Å²) in [4.78, 5) is 18.3. The van der Waals surface area contributed by atoms with Crippen LogP contribution in [-0.2, 0) is 31.1 Å². The van der Waals surface area contributed by atoms with Crippen LogP contribution in [0.5, 0.6) is 0 Å². The number of anilines is 1. The molecule has 0 spiro atoms. The van der Waals surface area contributed by atoms with Crippen molar-refractivity contribution in [3.8, 4) is 0 Å². The Kier molecular flexibility index (Phi) is 11.5. The molecule has 2 aromatic rings. The van der Waals surface area contributed by atoms with E-state index in [0.717, 1.165) is 51.0 Å². The van der Waals surface area contributed by atoms with Crippen molar-refractivity contribution in [3.63, 3.8) is 0 Å². The fourth-order valence-electron chi connectivity index (χ4n) is 6.08. The van der Waals surface area contributed by atoms with Crippen LogP contribution in [0.4, 0.5) is 5.69 Å². The summed E-state index contributed by atoms with van der Waals surface area (Å²) in [5.74, 6) is 0.582. The van der Waals surface area contributed by atoms with Gasteiger partial charge in [-0.05, 0) is 106 Å². The normalized spacial score (nSPS) is 18.3. The van der Waals surface area contributed by atoms with Gasteiger partial charge < -0.3 is 9.80 Å². The van der Waals surface area contributed by atoms with Crippen LogP contribution in [0.1, 0.15) is 51.0 Å². The van der Waals surface area contributed by atoms with Crippen molar-refractivity contribution in [2.45, 2.75) is 56.8 Å². The maximum absolute atomic E-state index is 13.6. The van der Waals surface area contributed by atoms with Crippen LogP contribution in [0.3, 0.4) is 0 Å². The Hall–Kier alpha value is -1.98. The molecule has 0 atom stereocenters. The molecular weight excluding hydrogens is 594 g/mol. The average molecular weight is 638 g/mol. The molecule has 42 heavy (non-hydrogen) atoms. The molecule has 2 aromatic carbocycles. The van der Waals surface area contributed by atoms with Crippen molar-refractivity contribution in [2.75, 3.05) is 56.2 Å².